The summed E-state index contributed by atoms with van der Waals surface area (Å²) >= 11 is 7.44. The number of likely N-dealkylation sites (N-methyl/N-ethyl adjacent to an activating group) is 1. The van der Waals surface area contributed by atoms with E-state index in [-0.39, 0.29) is 9.88 Å². The highest BCUT2D eigenvalue weighted by Gasteiger charge is 2.35. The van der Waals surface area contributed by atoms with Crippen molar-refractivity contribution in [2.75, 3.05) is 18.0 Å². The molecule has 1 fully saturated rings. The number of carboxylic acid groups (broad SMARTS) is 1. The quantitative estimate of drug-likeness (QED) is 0.632. The number of rotatable bonds is 5. The van der Waals surface area contributed by atoms with Gasteiger partial charge in [-0.3, -0.25) is 23.9 Å². The summed E-state index contributed by atoms with van der Waals surface area (Å²) in [6.45, 7) is 4.56. The number of carbonyl (C=O) groups excluding carboxylic acids is 1. The second-order valence-electron chi connectivity index (χ2n) is 7.20. The number of anilines is 1. The summed E-state index contributed by atoms with van der Waals surface area (Å²) in [6, 6.07) is 8.13. The standard InChI is InChI=1S/C23H21N3O4S3/c1-3-24-15(10-9-14-7-5-6-8-16(14)24)11-12-17-20(29)25(4-2)22(32-17)19-21(30)26(13-18(27)28)23(31)33-19/h5-12H,3-4,13H2,1-2H3,(H,27,28). The van der Waals surface area contributed by atoms with Gasteiger partial charge in [0.1, 0.15) is 20.4 Å². The van der Waals surface area contributed by atoms with Gasteiger partial charge in [-0.15, -0.1) is 11.3 Å². The molecule has 0 aliphatic carbocycles. The molecule has 170 valence electrons. The van der Waals surface area contributed by atoms with Crippen molar-refractivity contribution < 1.29 is 14.7 Å². The zero-order chi connectivity index (χ0) is 23.7. The highest BCUT2D eigenvalue weighted by molar-refractivity contribution is 8.30. The van der Waals surface area contributed by atoms with Gasteiger partial charge in [-0.2, -0.15) is 0 Å². The highest BCUT2D eigenvalue weighted by atomic mass is 32.2. The van der Waals surface area contributed by atoms with E-state index in [1.807, 2.05) is 37.3 Å². The number of allylic oxidation sites excluding steroid dienone is 2. The molecule has 2 aliphatic rings. The maximum absolute atomic E-state index is 13.1. The van der Waals surface area contributed by atoms with Crippen molar-refractivity contribution in [3.05, 3.63) is 67.2 Å². The Balaban J connectivity index is 1.80. The molecule has 0 saturated carbocycles. The Morgan fingerprint density at radius 3 is 2.55 bits per heavy atom. The van der Waals surface area contributed by atoms with E-state index in [9.17, 15) is 14.4 Å². The van der Waals surface area contributed by atoms with Crippen LogP contribution in [0.2, 0.25) is 0 Å². The number of thiazole rings is 1. The van der Waals surface area contributed by atoms with Crippen LogP contribution in [-0.2, 0) is 16.1 Å². The second-order valence-corrected chi connectivity index (χ2v) is 9.87. The first-order valence-corrected chi connectivity index (χ1v) is 12.4. The fraction of sp³-hybridized carbons (Fsp3) is 0.217. The predicted molar refractivity (Wildman–Crippen MR) is 137 cm³/mol. The molecule has 2 aromatic rings. The SMILES string of the molecule is CCN1C(=CC=c2sc(=C3SC(=S)N(CC(=O)O)C3=O)n(CC)c2=O)C=Cc2ccccc21. The molecule has 33 heavy (non-hydrogen) atoms. The predicted octanol–water partition coefficient (Wildman–Crippen LogP) is 2.20. The summed E-state index contributed by atoms with van der Waals surface area (Å²) in [5.74, 6) is -1.63. The number of hydrogen-bond donors (Lipinski definition) is 1. The molecule has 7 nitrogen and oxygen atoms in total. The van der Waals surface area contributed by atoms with Gasteiger partial charge < -0.3 is 10.0 Å². The van der Waals surface area contributed by atoms with Crippen molar-refractivity contribution >= 4 is 74.3 Å². The smallest absolute Gasteiger partial charge is 0.323 e. The first kappa shape index (κ1) is 23.2. The van der Waals surface area contributed by atoms with E-state index in [1.54, 1.807) is 6.08 Å². The molecule has 1 aromatic heterocycles. The largest absolute Gasteiger partial charge is 0.480 e. The Bertz CT molecular complexity index is 1400. The summed E-state index contributed by atoms with van der Waals surface area (Å²) in [6.07, 6.45) is 7.75. The minimum atomic E-state index is -1.14. The van der Waals surface area contributed by atoms with Crippen molar-refractivity contribution in [1.29, 1.82) is 0 Å². The number of carboxylic acids is 1. The molecule has 1 saturated heterocycles. The van der Waals surface area contributed by atoms with Gasteiger partial charge in [-0.1, -0.05) is 48.3 Å². The molecule has 0 unspecified atom stereocenters. The van der Waals surface area contributed by atoms with E-state index in [0.29, 0.717) is 20.6 Å². The third-order valence-corrected chi connectivity index (χ3v) is 7.97. The first-order valence-electron chi connectivity index (χ1n) is 10.3. The lowest BCUT2D eigenvalue weighted by Crippen LogP contribution is -2.35. The number of aliphatic carboxylic acids is 1. The van der Waals surface area contributed by atoms with Gasteiger partial charge in [-0.05, 0) is 43.7 Å². The van der Waals surface area contributed by atoms with Crippen LogP contribution < -0.4 is 19.7 Å². The Labute approximate surface area is 203 Å². The van der Waals surface area contributed by atoms with Gasteiger partial charge >= 0.3 is 5.97 Å². The Hall–Kier alpha value is -2.95. The van der Waals surface area contributed by atoms with Crippen LogP contribution in [-0.4, -0.2) is 43.9 Å². The molecule has 0 bridgehead atoms. The van der Waals surface area contributed by atoms with Gasteiger partial charge in [-0.25, -0.2) is 0 Å². The summed E-state index contributed by atoms with van der Waals surface area (Å²) in [5, 5.41) is 9.07. The number of fused-ring (bicyclic) bond motifs is 1. The maximum Gasteiger partial charge on any atom is 0.323 e. The van der Waals surface area contributed by atoms with Crippen LogP contribution in [0.25, 0.3) is 17.1 Å². The van der Waals surface area contributed by atoms with Gasteiger partial charge in [0.25, 0.3) is 11.5 Å². The zero-order valence-electron chi connectivity index (χ0n) is 18.0. The lowest BCUT2D eigenvalue weighted by atomic mass is 10.1. The second kappa shape index (κ2) is 9.50. The number of benzene rings is 1. The molecular formula is C23H21N3O4S3. The van der Waals surface area contributed by atoms with E-state index in [2.05, 4.69) is 24.0 Å². The van der Waals surface area contributed by atoms with Gasteiger partial charge in [0, 0.05) is 24.5 Å². The molecule has 4 rings (SSSR count). The molecule has 0 spiro atoms. The monoisotopic (exact) mass is 499 g/mol. The minimum Gasteiger partial charge on any atom is -0.480 e. The van der Waals surface area contributed by atoms with E-state index >= 15 is 0 Å². The van der Waals surface area contributed by atoms with Crippen LogP contribution in [0.15, 0.2) is 46.9 Å². The fourth-order valence-corrected chi connectivity index (χ4v) is 6.24. The zero-order valence-corrected chi connectivity index (χ0v) is 20.4. The van der Waals surface area contributed by atoms with Gasteiger partial charge in [0.15, 0.2) is 0 Å². The molecule has 3 heterocycles. The number of aromatic nitrogens is 1. The highest BCUT2D eigenvalue weighted by Crippen LogP contribution is 2.31. The summed E-state index contributed by atoms with van der Waals surface area (Å²) < 4.78 is 2.70. The molecule has 1 amide bonds. The number of thiocarbonyl (C=S) groups is 1. The van der Waals surface area contributed by atoms with Gasteiger partial charge in [0.05, 0.1) is 4.53 Å². The number of nitrogens with zero attached hydrogens (tertiary/aromatic N) is 3. The summed E-state index contributed by atoms with van der Waals surface area (Å²) in [7, 11) is 0. The number of hydrogen-bond acceptors (Lipinski definition) is 7. The van der Waals surface area contributed by atoms with Crippen molar-refractivity contribution in [2.24, 2.45) is 0 Å². The summed E-state index contributed by atoms with van der Waals surface area (Å²) in [4.78, 5) is 40.5. The van der Waals surface area contributed by atoms with Crippen molar-refractivity contribution in [3.63, 3.8) is 0 Å². The van der Waals surface area contributed by atoms with E-state index in [0.717, 1.165) is 40.2 Å². The van der Waals surface area contributed by atoms with Crippen LogP contribution in [0, 0.1) is 0 Å². The average Bonchev–Trinajstić information content (AvgIpc) is 3.26. The lowest BCUT2D eigenvalue weighted by molar-refractivity contribution is -0.140. The Kier molecular flexibility index (Phi) is 6.68. The van der Waals surface area contributed by atoms with Crippen LogP contribution >= 0.6 is 35.3 Å². The third-order valence-electron chi connectivity index (χ3n) is 5.26. The van der Waals surface area contributed by atoms with E-state index in [4.69, 9.17) is 17.3 Å². The maximum atomic E-state index is 13.1. The lowest BCUT2D eigenvalue weighted by Gasteiger charge is -2.29. The number of para-hydroxylation sites is 1. The topological polar surface area (TPSA) is 82.8 Å². The van der Waals surface area contributed by atoms with E-state index < -0.39 is 18.4 Å². The molecule has 0 atom stereocenters. The van der Waals surface area contributed by atoms with Crippen LogP contribution in [0.1, 0.15) is 19.4 Å². The minimum absolute atomic E-state index is 0.179. The molecule has 10 heteroatoms. The summed E-state index contributed by atoms with van der Waals surface area (Å²) in [5.41, 5.74) is 3.01. The molecule has 2 aliphatic heterocycles. The fourth-order valence-electron chi connectivity index (χ4n) is 3.73. The number of amides is 1. The first-order chi connectivity index (χ1) is 15.8. The number of carbonyl (C=O) groups is 2. The van der Waals surface area contributed by atoms with Crippen LogP contribution in [0.3, 0.4) is 0 Å². The average molecular weight is 500 g/mol. The Morgan fingerprint density at radius 1 is 1.09 bits per heavy atom. The molecule has 0 radical (unpaired) electrons. The van der Waals surface area contributed by atoms with Crippen molar-refractivity contribution in [2.45, 2.75) is 20.4 Å². The number of thioether (sulfide) groups is 1. The molecular weight excluding hydrogens is 478 g/mol. The Morgan fingerprint density at radius 2 is 1.85 bits per heavy atom. The van der Waals surface area contributed by atoms with E-state index in [1.165, 1.54) is 15.9 Å². The van der Waals surface area contributed by atoms with Crippen molar-refractivity contribution in [3.8, 4) is 0 Å². The van der Waals surface area contributed by atoms with Crippen LogP contribution in [0.4, 0.5) is 5.69 Å². The molecule has 1 N–H and O–H groups in total. The van der Waals surface area contributed by atoms with Crippen molar-refractivity contribution in [1.82, 2.24) is 9.47 Å². The normalized spacial score (nSPS) is 19.1. The third kappa shape index (κ3) is 4.33. The van der Waals surface area contributed by atoms with Gasteiger partial charge in [0.2, 0.25) is 0 Å². The molecule has 1 aromatic carbocycles. The van der Waals surface area contributed by atoms with Crippen LogP contribution in [0.5, 0.6) is 0 Å².